The van der Waals surface area contributed by atoms with Crippen molar-refractivity contribution >= 4 is 23.5 Å². The van der Waals surface area contributed by atoms with Crippen molar-refractivity contribution in [3.63, 3.8) is 0 Å². The molecule has 1 unspecified atom stereocenters. The van der Waals surface area contributed by atoms with Crippen LogP contribution in [0.5, 0.6) is 0 Å². The molecular formula is C13H19FN2O2S. The number of carbonyl (C=O) groups is 1. The van der Waals surface area contributed by atoms with Gasteiger partial charge in [0.25, 0.3) is 0 Å². The van der Waals surface area contributed by atoms with Crippen LogP contribution in [0.1, 0.15) is 19.4 Å². The topological polar surface area (TPSA) is 50.4 Å². The lowest BCUT2D eigenvalue weighted by atomic mass is 10.2. The van der Waals surface area contributed by atoms with Crippen LogP contribution >= 0.6 is 11.8 Å². The third-order valence-corrected chi connectivity index (χ3v) is 3.24. The van der Waals surface area contributed by atoms with E-state index in [0.717, 1.165) is 5.75 Å². The van der Waals surface area contributed by atoms with Crippen LogP contribution < -0.4 is 10.6 Å². The maximum absolute atomic E-state index is 13.4. The molecule has 1 amide bonds. The number of hydrogen-bond donors (Lipinski definition) is 2. The van der Waals surface area contributed by atoms with Crippen molar-refractivity contribution in [2.45, 2.75) is 26.3 Å². The third kappa shape index (κ3) is 4.98. The van der Waals surface area contributed by atoms with Gasteiger partial charge in [0.2, 0.25) is 5.56 Å². The van der Waals surface area contributed by atoms with Crippen molar-refractivity contribution in [1.82, 2.24) is 5.32 Å². The van der Waals surface area contributed by atoms with Crippen LogP contribution in [-0.2, 0) is 4.74 Å². The highest BCUT2D eigenvalue weighted by Gasteiger charge is 2.15. The van der Waals surface area contributed by atoms with Crippen molar-refractivity contribution in [2.24, 2.45) is 0 Å². The molecule has 1 aromatic rings. The summed E-state index contributed by atoms with van der Waals surface area (Å²) in [5.74, 6) is 0.481. The van der Waals surface area contributed by atoms with Crippen molar-refractivity contribution in [3.8, 4) is 0 Å². The van der Waals surface area contributed by atoms with Crippen LogP contribution in [0.2, 0.25) is 0 Å². The molecule has 4 nitrogen and oxygen atoms in total. The Labute approximate surface area is 117 Å². The molecule has 0 aromatic heterocycles. The van der Waals surface area contributed by atoms with E-state index in [-0.39, 0.29) is 5.82 Å². The SMILES string of the molecule is CCNC(=O)OC(Nc1cccc(F)c1C)SCC. The fourth-order valence-corrected chi connectivity index (χ4v) is 2.10. The number of halogens is 1. The fourth-order valence-electron chi connectivity index (χ4n) is 1.43. The number of alkyl carbamates (subject to hydrolysis) is 1. The number of nitrogens with one attached hydrogen (secondary N) is 2. The molecule has 19 heavy (non-hydrogen) atoms. The number of hydrogen-bond acceptors (Lipinski definition) is 4. The smallest absolute Gasteiger partial charge is 0.409 e. The van der Waals surface area contributed by atoms with Gasteiger partial charge in [0.15, 0.2) is 0 Å². The zero-order valence-corrected chi connectivity index (χ0v) is 12.1. The van der Waals surface area contributed by atoms with Crippen molar-refractivity contribution in [2.75, 3.05) is 17.6 Å². The highest BCUT2D eigenvalue weighted by molar-refractivity contribution is 7.99. The van der Waals surface area contributed by atoms with Gasteiger partial charge in [0.05, 0.1) is 0 Å². The summed E-state index contributed by atoms with van der Waals surface area (Å²) < 4.78 is 18.6. The molecule has 106 valence electrons. The Morgan fingerprint density at radius 2 is 2.21 bits per heavy atom. The highest BCUT2D eigenvalue weighted by Crippen LogP contribution is 2.22. The predicted molar refractivity (Wildman–Crippen MR) is 76.8 cm³/mol. The Bertz CT molecular complexity index is 429. The van der Waals surface area contributed by atoms with Gasteiger partial charge in [-0.2, -0.15) is 0 Å². The molecule has 2 N–H and O–H groups in total. The van der Waals surface area contributed by atoms with Gasteiger partial charge in [-0.3, -0.25) is 0 Å². The molecule has 0 saturated carbocycles. The predicted octanol–water partition coefficient (Wildman–Crippen LogP) is 3.33. The third-order valence-electron chi connectivity index (χ3n) is 2.39. The number of benzene rings is 1. The summed E-state index contributed by atoms with van der Waals surface area (Å²) in [5.41, 5.74) is 0.580. The molecule has 0 bridgehead atoms. The number of carbonyl (C=O) groups excluding carboxylic acids is 1. The normalized spacial score (nSPS) is 11.8. The molecule has 6 heteroatoms. The molecule has 0 spiro atoms. The number of ether oxygens (including phenoxy) is 1. The Hall–Kier alpha value is -1.43. The first kappa shape index (κ1) is 15.6. The van der Waals surface area contributed by atoms with Gasteiger partial charge < -0.3 is 15.4 Å². The van der Waals surface area contributed by atoms with E-state index >= 15 is 0 Å². The lowest BCUT2D eigenvalue weighted by Gasteiger charge is -2.20. The molecule has 0 heterocycles. The largest absolute Gasteiger partial charge is 0.416 e. The maximum atomic E-state index is 13.4. The van der Waals surface area contributed by atoms with Crippen LogP contribution in [0.25, 0.3) is 0 Å². The number of anilines is 1. The molecule has 1 rings (SSSR count). The van der Waals surface area contributed by atoms with Gasteiger partial charge in [0.1, 0.15) is 5.82 Å². The monoisotopic (exact) mass is 286 g/mol. The first-order chi connectivity index (χ1) is 9.08. The van der Waals surface area contributed by atoms with E-state index in [1.54, 1.807) is 19.1 Å². The summed E-state index contributed by atoms with van der Waals surface area (Å²) in [6.07, 6.45) is -0.491. The minimum absolute atomic E-state index is 0.289. The van der Waals surface area contributed by atoms with E-state index in [1.807, 2.05) is 13.8 Å². The summed E-state index contributed by atoms with van der Waals surface area (Å²) in [6, 6.07) is 4.76. The number of amides is 1. The second kappa shape index (κ2) is 7.89. The standard InChI is InChI=1S/C13H19FN2O2S/c1-4-15-12(17)18-13(19-5-2)16-11-8-6-7-10(14)9(11)3/h6-8,13,16H,4-5H2,1-3H3,(H,15,17). The zero-order valence-electron chi connectivity index (χ0n) is 11.3. The maximum Gasteiger partial charge on any atom is 0.409 e. The molecule has 0 aliphatic heterocycles. The van der Waals surface area contributed by atoms with Crippen LogP contribution in [-0.4, -0.2) is 24.0 Å². The van der Waals surface area contributed by atoms with Crippen molar-refractivity contribution in [1.29, 1.82) is 0 Å². The van der Waals surface area contributed by atoms with Crippen molar-refractivity contribution in [3.05, 3.63) is 29.6 Å². The lowest BCUT2D eigenvalue weighted by Crippen LogP contribution is -2.31. The van der Waals surface area contributed by atoms with Crippen LogP contribution in [0, 0.1) is 12.7 Å². The van der Waals surface area contributed by atoms with Crippen molar-refractivity contribution < 1.29 is 13.9 Å². The van der Waals surface area contributed by atoms with E-state index in [4.69, 9.17) is 4.74 Å². The van der Waals surface area contributed by atoms with Gasteiger partial charge in [-0.25, -0.2) is 9.18 Å². The van der Waals surface area contributed by atoms with E-state index in [9.17, 15) is 9.18 Å². The Balaban J connectivity index is 2.72. The van der Waals surface area contributed by atoms with E-state index in [0.29, 0.717) is 17.8 Å². The second-order valence-corrected chi connectivity index (χ2v) is 5.12. The molecule has 0 aliphatic rings. The quantitative estimate of drug-likeness (QED) is 0.788. The summed E-state index contributed by atoms with van der Waals surface area (Å²) >= 11 is 1.42. The molecule has 0 radical (unpaired) electrons. The van der Waals surface area contributed by atoms with Gasteiger partial charge in [-0.1, -0.05) is 24.8 Å². The van der Waals surface area contributed by atoms with Gasteiger partial charge >= 0.3 is 6.09 Å². The number of thioether (sulfide) groups is 1. The Morgan fingerprint density at radius 1 is 1.47 bits per heavy atom. The van der Waals surface area contributed by atoms with Crippen LogP contribution in [0.3, 0.4) is 0 Å². The summed E-state index contributed by atoms with van der Waals surface area (Å²) in [7, 11) is 0. The Morgan fingerprint density at radius 3 is 2.84 bits per heavy atom. The van der Waals surface area contributed by atoms with Crippen LogP contribution in [0.4, 0.5) is 14.9 Å². The molecule has 0 saturated heterocycles. The minimum Gasteiger partial charge on any atom is -0.416 e. The van der Waals surface area contributed by atoms with Gasteiger partial charge in [0, 0.05) is 17.8 Å². The molecular weight excluding hydrogens is 267 g/mol. The first-order valence-corrected chi connectivity index (χ1v) is 7.21. The minimum atomic E-state index is -0.544. The molecule has 1 atom stereocenters. The number of rotatable bonds is 6. The van der Waals surface area contributed by atoms with Gasteiger partial charge in [-0.05, 0) is 31.7 Å². The average Bonchev–Trinajstić information content (AvgIpc) is 2.35. The molecule has 0 aliphatic carbocycles. The Kier molecular flexibility index (Phi) is 6.49. The highest BCUT2D eigenvalue weighted by atomic mass is 32.2. The fraction of sp³-hybridized carbons (Fsp3) is 0.462. The first-order valence-electron chi connectivity index (χ1n) is 6.16. The van der Waals surface area contributed by atoms with E-state index in [2.05, 4.69) is 10.6 Å². The van der Waals surface area contributed by atoms with Gasteiger partial charge in [-0.15, -0.1) is 0 Å². The molecule has 0 fully saturated rings. The summed E-state index contributed by atoms with van der Waals surface area (Å²) in [5, 5.41) is 5.58. The zero-order chi connectivity index (χ0) is 14.3. The summed E-state index contributed by atoms with van der Waals surface area (Å²) in [6.45, 7) is 5.95. The molecule has 1 aromatic carbocycles. The average molecular weight is 286 g/mol. The van der Waals surface area contributed by atoms with E-state index in [1.165, 1.54) is 17.8 Å². The summed E-state index contributed by atoms with van der Waals surface area (Å²) in [4.78, 5) is 11.4. The second-order valence-electron chi connectivity index (χ2n) is 3.78. The van der Waals surface area contributed by atoms with E-state index < -0.39 is 11.7 Å². The van der Waals surface area contributed by atoms with Crippen LogP contribution in [0.15, 0.2) is 18.2 Å². The lowest BCUT2D eigenvalue weighted by molar-refractivity contribution is 0.144.